The summed E-state index contributed by atoms with van der Waals surface area (Å²) in [6.45, 7) is 4.19. The zero-order chi connectivity index (χ0) is 10.7. The lowest BCUT2D eigenvalue weighted by molar-refractivity contribution is 0.624. The van der Waals surface area contributed by atoms with Gasteiger partial charge in [-0.2, -0.15) is 0 Å². The third-order valence-electron chi connectivity index (χ3n) is 2.39. The summed E-state index contributed by atoms with van der Waals surface area (Å²) in [7, 11) is 0. The monoisotopic (exact) mass is 278 g/mol. The summed E-state index contributed by atoms with van der Waals surface area (Å²) >= 11 is 9.54. The van der Waals surface area contributed by atoms with E-state index in [1.54, 1.807) is 6.07 Å². The van der Waals surface area contributed by atoms with Crippen LogP contribution in [0.4, 0.5) is 4.39 Å². The number of benzene rings is 1. The normalized spacial score (nSPS) is 15.2. The lowest BCUT2D eigenvalue weighted by Crippen LogP contribution is -2.08. The topological polar surface area (TPSA) is 0 Å². The molecule has 0 bridgehead atoms. The largest absolute Gasteiger partial charge is 0.207 e. The minimum atomic E-state index is -0.284. The van der Waals surface area contributed by atoms with Crippen molar-refractivity contribution in [1.29, 1.82) is 0 Å². The van der Waals surface area contributed by atoms with Crippen molar-refractivity contribution in [2.75, 3.05) is 0 Å². The maximum atomic E-state index is 12.8. The van der Waals surface area contributed by atoms with E-state index >= 15 is 0 Å². The number of halogens is 3. The molecule has 0 heterocycles. The van der Waals surface area contributed by atoms with Gasteiger partial charge in [-0.25, -0.2) is 4.39 Å². The zero-order valence-electron chi connectivity index (χ0n) is 8.23. The molecule has 1 aromatic rings. The second kappa shape index (κ2) is 5.13. The highest BCUT2D eigenvalue weighted by Crippen LogP contribution is 2.31. The fraction of sp³-hybridized carbons (Fsp3) is 0.455. The molecule has 0 aliphatic heterocycles. The van der Waals surface area contributed by atoms with Crippen LogP contribution in [0.2, 0.25) is 5.02 Å². The van der Waals surface area contributed by atoms with Crippen LogP contribution in [-0.2, 0) is 0 Å². The summed E-state index contributed by atoms with van der Waals surface area (Å²) in [5.74, 6) is 0.0154. The van der Waals surface area contributed by atoms with E-state index in [0.717, 1.165) is 12.0 Å². The molecular formula is C11H13BrClF. The average molecular weight is 280 g/mol. The highest BCUT2D eigenvalue weighted by Gasteiger charge is 2.16. The van der Waals surface area contributed by atoms with Crippen molar-refractivity contribution in [2.45, 2.75) is 31.0 Å². The highest BCUT2D eigenvalue weighted by molar-refractivity contribution is 9.09. The van der Waals surface area contributed by atoms with Crippen molar-refractivity contribution < 1.29 is 4.39 Å². The molecule has 0 nitrogen and oxygen atoms in total. The Kier molecular flexibility index (Phi) is 4.39. The van der Waals surface area contributed by atoms with Crippen LogP contribution in [0.3, 0.4) is 0 Å². The fourth-order valence-electron chi connectivity index (χ4n) is 1.42. The van der Waals surface area contributed by atoms with Gasteiger partial charge >= 0.3 is 0 Å². The second-order valence-electron chi connectivity index (χ2n) is 3.38. The van der Waals surface area contributed by atoms with E-state index in [1.165, 1.54) is 12.1 Å². The van der Waals surface area contributed by atoms with E-state index in [2.05, 4.69) is 29.8 Å². The SMILES string of the molecule is CCC(Br)C(C)c1ccc(F)cc1Cl. The lowest BCUT2D eigenvalue weighted by atomic mass is 9.96. The Morgan fingerprint density at radius 3 is 2.64 bits per heavy atom. The molecule has 0 saturated heterocycles. The minimum Gasteiger partial charge on any atom is -0.207 e. The number of hydrogen-bond donors (Lipinski definition) is 0. The van der Waals surface area contributed by atoms with Crippen LogP contribution in [0.5, 0.6) is 0 Å². The Hall–Kier alpha value is -0.0800. The Labute approximate surface area is 97.6 Å². The van der Waals surface area contributed by atoms with E-state index in [4.69, 9.17) is 11.6 Å². The highest BCUT2D eigenvalue weighted by atomic mass is 79.9. The van der Waals surface area contributed by atoms with Gasteiger partial charge in [-0.05, 0) is 30.0 Å². The van der Waals surface area contributed by atoms with Gasteiger partial charge < -0.3 is 0 Å². The smallest absolute Gasteiger partial charge is 0.124 e. The van der Waals surface area contributed by atoms with Gasteiger partial charge in [0.25, 0.3) is 0 Å². The zero-order valence-corrected chi connectivity index (χ0v) is 10.6. The van der Waals surface area contributed by atoms with Crippen LogP contribution in [-0.4, -0.2) is 4.83 Å². The molecule has 3 heteroatoms. The van der Waals surface area contributed by atoms with Crippen LogP contribution < -0.4 is 0 Å². The summed E-state index contributed by atoms with van der Waals surface area (Å²) in [6, 6.07) is 4.57. The van der Waals surface area contributed by atoms with Gasteiger partial charge in [-0.15, -0.1) is 0 Å². The molecule has 1 aromatic carbocycles. The van der Waals surface area contributed by atoms with Crippen molar-refractivity contribution in [3.8, 4) is 0 Å². The molecule has 2 atom stereocenters. The van der Waals surface area contributed by atoms with Gasteiger partial charge in [0.05, 0.1) is 0 Å². The molecule has 2 unspecified atom stereocenters. The predicted molar refractivity (Wildman–Crippen MR) is 62.8 cm³/mol. The summed E-state index contributed by atoms with van der Waals surface area (Å²) in [4.78, 5) is 0.380. The predicted octanol–water partition coefficient (Wildman–Crippen LogP) is 4.76. The first-order valence-electron chi connectivity index (χ1n) is 4.65. The molecule has 0 radical (unpaired) electrons. The average Bonchev–Trinajstić information content (AvgIpc) is 2.15. The molecule has 0 aliphatic rings. The molecule has 0 spiro atoms. The Morgan fingerprint density at radius 1 is 1.50 bits per heavy atom. The van der Waals surface area contributed by atoms with Crippen LogP contribution >= 0.6 is 27.5 Å². The first-order valence-corrected chi connectivity index (χ1v) is 5.94. The van der Waals surface area contributed by atoms with Gasteiger partial charge in [0.15, 0.2) is 0 Å². The van der Waals surface area contributed by atoms with Crippen molar-refractivity contribution in [3.63, 3.8) is 0 Å². The maximum absolute atomic E-state index is 12.8. The van der Waals surface area contributed by atoms with E-state index in [-0.39, 0.29) is 5.82 Å². The van der Waals surface area contributed by atoms with E-state index in [1.807, 2.05) is 0 Å². The third-order valence-corrected chi connectivity index (χ3v) is 4.15. The third kappa shape index (κ3) is 2.71. The van der Waals surface area contributed by atoms with Crippen LogP contribution in [0.1, 0.15) is 31.7 Å². The van der Waals surface area contributed by atoms with Crippen molar-refractivity contribution in [3.05, 3.63) is 34.6 Å². The molecular weight excluding hydrogens is 266 g/mol. The molecule has 1 rings (SSSR count). The minimum absolute atomic E-state index is 0.284. The Morgan fingerprint density at radius 2 is 2.14 bits per heavy atom. The van der Waals surface area contributed by atoms with Gasteiger partial charge in [0.2, 0.25) is 0 Å². The first-order chi connectivity index (χ1) is 6.56. The van der Waals surface area contributed by atoms with Gasteiger partial charge in [0.1, 0.15) is 5.82 Å². The number of alkyl halides is 1. The number of hydrogen-bond acceptors (Lipinski definition) is 0. The van der Waals surface area contributed by atoms with Crippen LogP contribution in [0.25, 0.3) is 0 Å². The quantitative estimate of drug-likeness (QED) is 0.700. The second-order valence-corrected chi connectivity index (χ2v) is 4.96. The molecule has 0 aromatic heterocycles. The maximum Gasteiger partial charge on any atom is 0.124 e. The van der Waals surface area contributed by atoms with Gasteiger partial charge in [-0.3, -0.25) is 0 Å². The summed E-state index contributed by atoms with van der Waals surface area (Å²) in [5, 5.41) is 0.510. The van der Waals surface area contributed by atoms with E-state index in [9.17, 15) is 4.39 Å². The molecule has 14 heavy (non-hydrogen) atoms. The van der Waals surface area contributed by atoms with Crippen molar-refractivity contribution in [2.24, 2.45) is 0 Å². The molecule has 0 saturated carbocycles. The first kappa shape index (κ1) is 12.0. The summed E-state index contributed by atoms with van der Waals surface area (Å²) < 4.78 is 12.8. The molecule has 0 amide bonds. The molecule has 0 aliphatic carbocycles. The lowest BCUT2D eigenvalue weighted by Gasteiger charge is -2.18. The standard InChI is InChI=1S/C11H13BrClF/c1-3-10(12)7(2)9-5-4-8(14)6-11(9)13/h4-7,10H,3H2,1-2H3. The summed E-state index contributed by atoms with van der Waals surface area (Å²) in [6.07, 6.45) is 1.02. The fourth-order valence-corrected chi connectivity index (χ4v) is 2.04. The van der Waals surface area contributed by atoms with E-state index < -0.39 is 0 Å². The van der Waals surface area contributed by atoms with E-state index in [0.29, 0.717) is 15.8 Å². The number of rotatable bonds is 3. The van der Waals surface area contributed by atoms with Gasteiger partial charge in [0, 0.05) is 9.85 Å². The van der Waals surface area contributed by atoms with Gasteiger partial charge in [-0.1, -0.05) is 47.4 Å². The molecule has 78 valence electrons. The Bertz CT molecular complexity index is 314. The summed E-state index contributed by atoms with van der Waals surface area (Å²) in [5.41, 5.74) is 0.997. The Balaban J connectivity index is 2.95. The molecule has 0 fully saturated rings. The molecule has 0 N–H and O–H groups in total. The van der Waals surface area contributed by atoms with Crippen molar-refractivity contribution in [1.82, 2.24) is 0 Å². The van der Waals surface area contributed by atoms with Crippen LogP contribution in [0, 0.1) is 5.82 Å². The van der Waals surface area contributed by atoms with Crippen LogP contribution in [0.15, 0.2) is 18.2 Å². The van der Waals surface area contributed by atoms with Crippen molar-refractivity contribution >= 4 is 27.5 Å².